The third-order valence-corrected chi connectivity index (χ3v) is 3.16. The van der Waals surface area contributed by atoms with Gasteiger partial charge >= 0.3 is 6.09 Å². The number of benzene rings is 1. The number of ether oxygens (including phenoxy) is 3. The monoisotopic (exact) mass is 333 g/mol. The van der Waals surface area contributed by atoms with Crippen LogP contribution in [0.4, 0.5) is 10.6 Å². The van der Waals surface area contributed by atoms with E-state index in [1.165, 1.54) is 18.1 Å². The molecule has 1 aliphatic heterocycles. The van der Waals surface area contributed by atoms with Crippen LogP contribution in [0.3, 0.4) is 0 Å². The number of nitrogens with zero attached hydrogens (tertiary/aromatic N) is 3. The molecule has 1 aromatic carbocycles. The summed E-state index contributed by atoms with van der Waals surface area (Å²) < 4.78 is 14.9. The second-order valence-corrected chi connectivity index (χ2v) is 4.84. The Morgan fingerprint density at radius 3 is 3.00 bits per heavy atom. The van der Waals surface area contributed by atoms with Gasteiger partial charge in [0.05, 0.1) is 13.3 Å². The molecular weight excluding hydrogens is 318 g/mol. The molecule has 0 radical (unpaired) electrons. The van der Waals surface area contributed by atoms with Crippen molar-refractivity contribution in [1.82, 2.24) is 20.3 Å². The maximum atomic E-state index is 11.9. The highest BCUT2D eigenvalue weighted by molar-refractivity contribution is 5.82. The van der Waals surface area contributed by atoms with Gasteiger partial charge in [-0.25, -0.2) is 4.79 Å². The Morgan fingerprint density at radius 2 is 2.17 bits per heavy atom. The summed E-state index contributed by atoms with van der Waals surface area (Å²) in [5.41, 5.74) is 0.883. The van der Waals surface area contributed by atoms with Gasteiger partial charge < -0.3 is 19.5 Å². The van der Waals surface area contributed by atoms with Crippen molar-refractivity contribution in [3.63, 3.8) is 0 Å². The molecule has 24 heavy (non-hydrogen) atoms. The van der Waals surface area contributed by atoms with Crippen LogP contribution in [0.2, 0.25) is 0 Å². The van der Waals surface area contributed by atoms with E-state index in [2.05, 4.69) is 25.6 Å². The van der Waals surface area contributed by atoms with Gasteiger partial charge in [0.25, 0.3) is 0 Å². The number of aromatic nitrogens is 3. The Bertz CT molecular complexity index is 760. The molecule has 0 bridgehead atoms. The van der Waals surface area contributed by atoms with E-state index in [1.54, 1.807) is 6.07 Å². The van der Waals surface area contributed by atoms with Crippen LogP contribution in [-0.4, -0.2) is 40.9 Å². The summed E-state index contributed by atoms with van der Waals surface area (Å²) in [6.07, 6.45) is 0.663. The number of amides is 2. The first-order chi connectivity index (χ1) is 11.6. The summed E-state index contributed by atoms with van der Waals surface area (Å²) in [7, 11) is 1.24. The summed E-state index contributed by atoms with van der Waals surface area (Å²) in [6.45, 7) is 0.468. The van der Waals surface area contributed by atoms with Crippen LogP contribution in [0.15, 0.2) is 24.4 Å². The first-order valence-electron chi connectivity index (χ1n) is 7.04. The van der Waals surface area contributed by atoms with Gasteiger partial charge in [0.1, 0.15) is 6.54 Å². The van der Waals surface area contributed by atoms with Gasteiger partial charge in [-0.3, -0.25) is 10.1 Å². The number of anilines is 1. The lowest BCUT2D eigenvalue weighted by Crippen LogP contribution is -2.28. The molecule has 0 fully saturated rings. The van der Waals surface area contributed by atoms with E-state index in [0.717, 1.165) is 5.56 Å². The second-order valence-electron chi connectivity index (χ2n) is 4.84. The van der Waals surface area contributed by atoms with Crippen molar-refractivity contribution >= 4 is 17.8 Å². The molecule has 0 unspecified atom stereocenters. The van der Waals surface area contributed by atoms with Gasteiger partial charge in [0.2, 0.25) is 12.7 Å². The minimum Gasteiger partial charge on any atom is -0.454 e. The minimum atomic E-state index is -0.658. The topological polar surface area (TPSA) is 117 Å². The van der Waals surface area contributed by atoms with E-state index >= 15 is 0 Å². The second kappa shape index (κ2) is 6.86. The molecule has 1 aromatic heterocycles. The van der Waals surface area contributed by atoms with E-state index in [-0.39, 0.29) is 25.1 Å². The third kappa shape index (κ3) is 3.72. The van der Waals surface area contributed by atoms with Crippen LogP contribution in [0.25, 0.3) is 0 Å². The molecule has 0 spiro atoms. The average Bonchev–Trinajstić information content (AvgIpc) is 3.21. The standard InChI is InChI=1S/C14H15N5O5/c1-22-14(21)17-12-6-16-19(18-12)7-13(20)15-5-9-2-3-10-11(4-9)24-8-23-10/h2-4,6H,5,7-8H2,1H3,(H,15,20)(H,17,18,21). The molecule has 2 N–H and O–H groups in total. The number of nitrogens with one attached hydrogen (secondary N) is 2. The minimum absolute atomic E-state index is 0.0760. The first-order valence-corrected chi connectivity index (χ1v) is 7.04. The lowest BCUT2D eigenvalue weighted by Gasteiger charge is -2.06. The van der Waals surface area contributed by atoms with Crippen LogP contribution in [0.5, 0.6) is 11.5 Å². The fourth-order valence-electron chi connectivity index (χ4n) is 2.02. The largest absolute Gasteiger partial charge is 0.454 e. The number of hydrogen-bond donors (Lipinski definition) is 2. The van der Waals surface area contributed by atoms with Crippen molar-refractivity contribution in [2.24, 2.45) is 0 Å². The highest BCUT2D eigenvalue weighted by Gasteiger charge is 2.14. The predicted octanol–water partition coefficient (Wildman–Crippen LogP) is 0.501. The number of fused-ring (bicyclic) bond motifs is 1. The smallest absolute Gasteiger partial charge is 0.412 e. The highest BCUT2D eigenvalue weighted by Crippen LogP contribution is 2.32. The van der Waals surface area contributed by atoms with Crippen molar-refractivity contribution in [2.75, 3.05) is 19.2 Å². The van der Waals surface area contributed by atoms with E-state index in [1.807, 2.05) is 12.1 Å². The van der Waals surface area contributed by atoms with Gasteiger partial charge in [-0.05, 0) is 17.7 Å². The summed E-state index contributed by atoms with van der Waals surface area (Å²) in [5.74, 6) is 1.28. The maximum Gasteiger partial charge on any atom is 0.412 e. The number of hydrogen-bond acceptors (Lipinski definition) is 7. The highest BCUT2D eigenvalue weighted by atomic mass is 16.7. The Morgan fingerprint density at radius 1 is 1.33 bits per heavy atom. The van der Waals surface area contributed by atoms with Crippen molar-refractivity contribution in [1.29, 1.82) is 0 Å². The van der Waals surface area contributed by atoms with Gasteiger partial charge in [0.15, 0.2) is 17.3 Å². The third-order valence-electron chi connectivity index (χ3n) is 3.16. The van der Waals surface area contributed by atoms with Gasteiger partial charge in [-0.15, -0.1) is 5.10 Å². The lowest BCUT2D eigenvalue weighted by molar-refractivity contribution is -0.122. The molecule has 10 nitrogen and oxygen atoms in total. The molecule has 2 amide bonds. The quantitative estimate of drug-likeness (QED) is 0.818. The number of carbonyl (C=O) groups is 2. The summed E-state index contributed by atoms with van der Waals surface area (Å²) in [5, 5.41) is 12.9. The van der Waals surface area contributed by atoms with Crippen LogP contribution in [0.1, 0.15) is 5.56 Å². The van der Waals surface area contributed by atoms with E-state index in [4.69, 9.17) is 9.47 Å². The molecular formula is C14H15N5O5. The molecule has 0 saturated carbocycles. The Kier molecular flexibility index (Phi) is 4.45. The van der Waals surface area contributed by atoms with Gasteiger partial charge in [-0.2, -0.15) is 9.90 Å². The molecule has 1 aliphatic rings. The van der Waals surface area contributed by atoms with Crippen molar-refractivity contribution in [2.45, 2.75) is 13.1 Å². The average molecular weight is 333 g/mol. The first kappa shape index (κ1) is 15.6. The van der Waals surface area contributed by atoms with Crippen LogP contribution < -0.4 is 20.1 Å². The fourth-order valence-corrected chi connectivity index (χ4v) is 2.02. The van der Waals surface area contributed by atoms with Crippen molar-refractivity contribution in [3.05, 3.63) is 30.0 Å². The molecule has 0 atom stereocenters. The number of methoxy groups -OCH3 is 1. The molecule has 126 valence electrons. The van der Waals surface area contributed by atoms with Crippen molar-refractivity contribution in [3.8, 4) is 11.5 Å². The molecule has 3 rings (SSSR count). The Hall–Kier alpha value is -3.30. The maximum absolute atomic E-state index is 11.9. The SMILES string of the molecule is COC(=O)Nc1cnn(CC(=O)NCc2ccc3c(c2)OCO3)n1. The van der Waals surface area contributed by atoms with Crippen molar-refractivity contribution < 1.29 is 23.8 Å². The Balaban J connectivity index is 1.50. The summed E-state index contributed by atoms with van der Waals surface area (Å²) >= 11 is 0. The zero-order valence-corrected chi connectivity index (χ0v) is 12.8. The molecule has 0 aliphatic carbocycles. The number of carbonyl (C=O) groups excluding carboxylic acids is 2. The lowest BCUT2D eigenvalue weighted by atomic mass is 10.2. The number of rotatable bonds is 5. The molecule has 0 saturated heterocycles. The zero-order valence-electron chi connectivity index (χ0n) is 12.8. The molecule has 2 aromatic rings. The molecule has 2 heterocycles. The zero-order chi connectivity index (χ0) is 16.9. The summed E-state index contributed by atoms with van der Waals surface area (Å²) in [4.78, 5) is 24.1. The molecule has 10 heteroatoms. The normalized spacial score (nSPS) is 11.9. The van der Waals surface area contributed by atoms with Crippen LogP contribution in [0, 0.1) is 0 Å². The Labute approximate surface area is 136 Å². The van der Waals surface area contributed by atoms with E-state index in [0.29, 0.717) is 18.0 Å². The van der Waals surface area contributed by atoms with Gasteiger partial charge in [0, 0.05) is 6.54 Å². The fraction of sp³-hybridized carbons (Fsp3) is 0.286. The van der Waals surface area contributed by atoms with Crippen LogP contribution in [-0.2, 0) is 22.6 Å². The summed E-state index contributed by atoms with van der Waals surface area (Å²) in [6, 6.07) is 5.45. The van der Waals surface area contributed by atoms with Gasteiger partial charge in [-0.1, -0.05) is 6.07 Å². The van der Waals surface area contributed by atoms with E-state index in [9.17, 15) is 9.59 Å². The van der Waals surface area contributed by atoms with Crippen LogP contribution >= 0.6 is 0 Å². The van der Waals surface area contributed by atoms with E-state index < -0.39 is 6.09 Å². The predicted molar refractivity (Wildman–Crippen MR) is 80.5 cm³/mol.